The second-order valence-electron chi connectivity index (χ2n) is 2.67. The van der Waals surface area contributed by atoms with Crippen LogP contribution in [0.15, 0.2) is 29.5 Å². The van der Waals surface area contributed by atoms with Gasteiger partial charge in [0.2, 0.25) is 0 Å². The molecule has 1 atom stereocenters. The molecule has 4 nitrogen and oxygen atoms in total. The number of amidine groups is 1. The van der Waals surface area contributed by atoms with Crippen LogP contribution < -0.4 is 10.9 Å². The van der Waals surface area contributed by atoms with Crippen molar-refractivity contribution in [1.82, 2.24) is 15.8 Å². The van der Waals surface area contributed by atoms with Crippen LogP contribution in [0.2, 0.25) is 0 Å². The van der Waals surface area contributed by atoms with E-state index in [2.05, 4.69) is 20.8 Å². The van der Waals surface area contributed by atoms with Gasteiger partial charge in [-0.05, 0) is 13.0 Å². The van der Waals surface area contributed by atoms with Crippen molar-refractivity contribution in [2.75, 3.05) is 0 Å². The standard InChI is InChI=1S/C8H10N4/c1-6-10-8(12-11-6)7-3-2-4-9-5-7/h2-5,8,12H,1H3,(H,10,11). The summed E-state index contributed by atoms with van der Waals surface area (Å²) in [6.45, 7) is 1.92. The van der Waals surface area contributed by atoms with Gasteiger partial charge in [-0.1, -0.05) is 6.07 Å². The summed E-state index contributed by atoms with van der Waals surface area (Å²) in [5.41, 5.74) is 7.04. The van der Waals surface area contributed by atoms with Crippen LogP contribution in [0.5, 0.6) is 0 Å². The SMILES string of the molecule is CC1=NC(c2cccnc2)NN1. The fourth-order valence-corrected chi connectivity index (χ4v) is 1.13. The largest absolute Gasteiger partial charge is 0.308 e. The van der Waals surface area contributed by atoms with Crippen molar-refractivity contribution in [1.29, 1.82) is 0 Å². The highest BCUT2D eigenvalue weighted by Crippen LogP contribution is 2.14. The molecule has 1 aliphatic rings. The van der Waals surface area contributed by atoms with Crippen molar-refractivity contribution in [3.63, 3.8) is 0 Å². The highest BCUT2D eigenvalue weighted by Gasteiger charge is 2.14. The Morgan fingerprint density at radius 2 is 2.42 bits per heavy atom. The third kappa shape index (κ3) is 1.29. The maximum absolute atomic E-state index is 4.31. The summed E-state index contributed by atoms with van der Waals surface area (Å²) in [6, 6.07) is 3.90. The van der Waals surface area contributed by atoms with E-state index in [1.807, 2.05) is 19.1 Å². The number of nitrogens with zero attached hydrogens (tertiary/aromatic N) is 2. The molecule has 0 saturated heterocycles. The molecule has 2 heterocycles. The van der Waals surface area contributed by atoms with Gasteiger partial charge in [-0.3, -0.25) is 4.98 Å². The Bertz CT molecular complexity index is 293. The number of aliphatic imine (C=N–C) groups is 1. The smallest absolute Gasteiger partial charge is 0.145 e. The summed E-state index contributed by atoms with van der Waals surface area (Å²) in [7, 11) is 0. The van der Waals surface area contributed by atoms with Crippen molar-refractivity contribution < 1.29 is 0 Å². The first-order chi connectivity index (χ1) is 5.86. The first-order valence-electron chi connectivity index (χ1n) is 3.82. The lowest BCUT2D eigenvalue weighted by molar-refractivity contribution is 0.573. The average Bonchev–Trinajstić information content (AvgIpc) is 2.54. The second-order valence-corrected chi connectivity index (χ2v) is 2.67. The monoisotopic (exact) mass is 162 g/mol. The molecular weight excluding hydrogens is 152 g/mol. The molecule has 2 N–H and O–H groups in total. The Kier molecular flexibility index (Phi) is 1.75. The lowest BCUT2D eigenvalue weighted by Gasteiger charge is -2.05. The number of aromatic nitrogens is 1. The molecular formula is C8H10N4. The first-order valence-corrected chi connectivity index (χ1v) is 3.82. The third-order valence-corrected chi connectivity index (χ3v) is 1.71. The van der Waals surface area contributed by atoms with E-state index in [1.165, 1.54) is 0 Å². The zero-order valence-corrected chi connectivity index (χ0v) is 6.78. The van der Waals surface area contributed by atoms with E-state index < -0.39 is 0 Å². The maximum atomic E-state index is 4.31. The number of hydrogen-bond donors (Lipinski definition) is 2. The van der Waals surface area contributed by atoms with E-state index in [0.29, 0.717) is 0 Å². The van der Waals surface area contributed by atoms with E-state index in [1.54, 1.807) is 12.4 Å². The van der Waals surface area contributed by atoms with Gasteiger partial charge in [-0.15, -0.1) is 0 Å². The highest BCUT2D eigenvalue weighted by molar-refractivity contribution is 5.80. The molecule has 0 amide bonds. The predicted molar refractivity (Wildman–Crippen MR) is 46.4 cm³/mol. The van der Waals surface area contributed by atoms with Crippen molar-refractivity contribution in [3.05, 3.63) is 30.1 Å². The molecule has 1 unspecified atom stereocenters. The van der Waals surface area contributed by atoms with Crippen molar-refractivity contribution >= 4 is 5.84 Å². The molecule has 12 heavy (non-hydrogen) atoms. The third-order valence-electron chi connectivity index (χ3n) is 1.71. The zero-order valence-electron chi connectivity index (χ0n) is 6.78. The number of nitrogens with one attached hydrogen (secondary N) is 2. The Hall–Kier alpha value is -1.42. The summed E-state index contributed by atoms with van der Waals surface area (Å²) in [5.74, 6) is 0.906. The van der Waals surface area contributed by atoms with Gasteiger partial charge in [-0.2, -0.15) is 0 Å². The number of rotatable bonds is 1. The highest BCUT2D eigenvalue weighted by atomic mass is 15.5. The second kappa shape index (κ2) is 2.91. The normalized spacial score (nSPS) is 21.8. The average molecular weight is 162 g/mol. The van der Waals surface area contributed by atoms with Gasteiger partial charge in [0.05, 0.1) is 0 Å². The van der Waals surface area contributed by atoms with Crippen molar-refractivity contribution in [2.45, 2.75) is 13.1 Å². The van der Waals surface area contributed by atoms with Gasteiger partial charge in [0.1, 0.15) is 12.0 Å². The van der Waals surface area contributed by atoms with Gasteiger partial charge in [0.15, 0.2) is 0 Å². The molecule has 62 valence electrons. The van der Waals surface area contributed by atoms with Crippen molar-refractivity contribution in [2.24, 2.45) is 4.99 Å². The molecule has 0 bridgehead atoms. The van der Waals surface area contributed by atoms with Crippen LogP contribution in [0.4, 0.5) is 0 Å². The predicted octanol–water partition coefficient (Wildman–Crippen LogP) is 0.606. The first kappa shape index (κ1) is 7.24. The van der Waals surface area contributed by atoms with E-state index in [4.69, 9.17) is 0 Å². The summed E-state index contributed by atoms with van der Waals surface area (Å²) in [6.07, 6.45) is 3.57. The molecule has 4 heteroatoms. The van der Waals surface area contributed by atoms with Crippen LogP contribution in [-0.2, 0) is 0 Å². The molecule has 0 aliphatic carbocycles. The fraction of sp³-hybridized carbons (Fsp3) is 0.250. The van der Waals surface area contributed by atoms with Gasteiger partial charge in [0.25, 0.3) is 0 Å². The van der Waals surface area contributed by atoms with Gasteiger partial charge in [0, 0.05) is 18.0 Å². The summed E-state index contributed by atoms with van der Waals surface area (Å²) < 4.78 is 0. The minimum Gasteiger partial charge on any atom is -0.308 e. The van der Waals surface area contributed by atoms with Crippen LogP contribution in [0, 0.1) is 0 Å². The van der Waals surface area contributed by atoms with E-state index in [9.17, 15) is 0 Å². The Morgan fingerprint density at radius 1 is 1.50 bits per heavy atom. The topological polar surface area (TPSA) is 49.3 Å². The molecule has 0 saturated carbocycles. The quantitative estimate of drug-likeness (QED) is 0.636. The number of pyridine rings is 1. The summed E-state index contributed by atoms with van der Waals surface area (Å²) in [5, 5.41) is 0. The molecule has 1 aliphatic heterocycles. The number of hydrogen-bond acceptors (Lipinski definition) is 4. The minimum absolute atomic E-state index is 0.0127. The molecule has 0 radical (unpaired) electrons. The molecule has 0 spiro atoms. The van der Waals surface area contributed by atoms with E-state index >= 15 is 0 Å². The summed E-state index contributed by atoms with van der Waals surface area (Å²) in [4.78, 5) is 8.33. The molecule has 2 rings (SSSR count). The maximum Gasteiger partial charge on any atom is 0.145 e. The lowest BCUT2D eigenvalue weighted by Crippen LogP contribution is -2.29. The minimum atomic E-state index is 0.0127. The summed E-state index contributed by atoms with van der Waals surface area (Å²) >= 11 is 0. The van der Waals surface area contributed by atoms with Crippen LogP contribution in [-0.4, -0.2) is 10.8 Å². The van der Waals surface area contributed by atoms with Gasteiger partial charge in [-0.25, -0.2) is 10.4 Å². The number of hydrazine groups is 1. The molecule has 0 fully saturated rings. The molecule has 1 aromatic rings. The molecule has 1 aromatic heterocycles. The van der Waals surface area contributed by atoms with E-state index in [0.717, 1.165) is 11.4 Å². The van der Waals surface area contributed by atoms with Crippen molar-refractivity contribution in [3.8, 4) is 0 Å². The fourth-order valence-electron chi connectivity index (χ4n) is 1.13. The van der Waals surface area contributed by atoms with Crippen LogP contribution >= 0.6 is 0 Å². The van der Waals surface area contributed by atoms with Gasteiger partial charge < -0.3 is 5.43 Å². The van der Waals surface area contributed by atoms with Crippen LogP contribution in [0.1, 0.15) is 18.7 Å². The van der Waals surface area contributed by atoms with Gasteiger partial charge >= 0.3 is 0 Å². The van der Waals surface area contributed by atoms with Crippen LogP contribution in [0.25, 0.3) is 0 Å². The Morgan fingerprint density at radius 3 is 3.00 bits per heavy atom. The Balaban J connectivity index is 2.22. The van der Waals surface area contributed by atoms with Crippen LogP contribution in [0.3, 0.4) is 0 Å². The zero-order chi connectivity index (χ0) is 8.39. The Labute approximate surface area is 70.7 Å². The lowest BCUT2D eigenvalue weighted by atomic mass is 10.2. The molecule has 0 aromatic carbocycles. The van der Waals surface area contributed by atoms with E-state index in [-0.39, 0.29) is 6.17 Å².